The van der Waals surface area contributed by atoms with E-state index in [1.165, 1.54) is 0 Å². The first kappa shape index (κ1) is 14.5. The lowest BCUT2D eigenvalue weighted by atomic mass is 9.85. The first-order valence-electron chi connectivity index (χ1n) is 5.41. The number of carbonyl (C=O) groups is 1. The highest BCUT2D eigenvalue weighted by Gasteiger charge is 2.28. The molecule has 1 aromatic carbocycles. The van der Waals surface area contributed by atoms with Crippen molar-refractivity contribution in [1.29, 1.82) is 0 Å². The minimum Gasteiger partial charge on any atom is -0.481 e. The standard InChI is InChI=1S/C12H17NO4S/c1-12(2,11(14)15)8-9-6-4-5-7-10(9)13-18(3,16)17/h4-7,13H,8H2,1-3H3,(H,14,15). The van der Waals surface area contributed by atoms with Gasteiger partial charge in [0.05, 0.1) is 17.4 Å². The average molecular weight is 271 g/mol. The molecule has 0 radical (unpaired) electrons. The maximum atomic E-state index is 11.2. The fraction of sp³-hybridized carbons (Fsp3) is 0.417. The topological polar surface area (TPSA) is 83.5 Å². The largest absolute Gasteiger partial charge is 0.481 e. The van der Waals surface area contributed by atoms with E-state index < -0.39 is 21.4 Å². The molecule has 1 rings (SSSR count). The zero-order valence-electron chi connectivity index (χ0n) is 10.6. The normalized spacial score (nSPS) is 12.2. The van der Waals surface area contributed by atoms with Gasteiger partial charge in [0.2, 0.25) is 10.0 Å². The highest BCUT2D eigenvalue weighted by molar-refractivity contribution is 7.92. The number of hydrogen-bond donors (Lipinski definition) is 2. The van der Waals surface area contributed by atoms with Crippen LogP contribution in [0.25, 0.3) is 0 Å². The third-order valence-electron chi connectivity index (χ3n) is 2.52. The smallest absolute Gasteiger partial charge is 0.309 e. The number of carboxylic acids is 1. The summed E-state index contributed by atoms with van der Waals surface area (Å²) in [5.74, 6) is -0.920. The van der Waals surface area contributed by atoms with E-state index in [1.54, 1.807) is 38.1 Å². The van der Waals surface area contributed by atoms with Crippen LogP contribution in [0.15, 0.2) is 24.3 Å². The number of hydrogen-bond acceptors (Lipinski definition) is 3. The number of aliphatic carboxylic acids is 1. The Hall–Kier alpha value is -1.56. The molecule has 0 heterocycles. The predicted molar refractivity (Wildman–Crippen MR) is 70.0 cm³/mol. The number of carboxylic acid groups (broad SMARTS) is 1. The molecule has 100 valence electrons. The second kappa shape index (κ2) is 4.97. The SMILES string of the molecule is CC(C)(Cc1ccccc1NS(C)(=O)=O)C(=O)O. The van der Waals surface area contributed by atoms with Crippen molar-refractivity contribution in [2.75, 3.05) is 11.0 Å². The maximum Gasteiger partial charge on any atom is 0.309 e. The summed E-state index contributed by atoms with van der Waals surface area (Å²) in [4.78, 5) is 11.1. The van der Waals surface area contributed by atoms with Gasteiger partial charge >= 0.3 is 5.97 Å². The van der Waals surface area contributed by atoms with Gasteiger partial charge in [-0.2, -0.15) is 0 Å². The molecule has 0 aromatic heterocycles. The molecule has 0 bridgehead atoms. The summed E-state index contributed by atoms with van der Waals surface area (Å²) in [5.41, 5.74) is 0.139. The molecule has 0 atom stereocenters. The second-order valence-electron chi connectivity index (χ2n) is 4.90. The molecular weight excluding hydrogens is 254 g/mol. The minimum absolute atomic E-state index is 0.251. The molecule has 0 aliphatic carbocycles. The van der Waals surface area contributed by atoms with Crippen LogP contribution in [0.3, 0.4) is 0 Å². The van der Waals surface area contributed by atoms with Crippen LogP contribution in [0.2, 0.25) is 0 Å². The van der Waals surface area contributed by atoms with Crippen molar-refractivity contribution in [1.82, 2.24) is 0 Å². The van der Waals surface area contributed by atoms with Crippen LogP contribution in [0.1, 0.15) is 19.4 Å². The van der Waals surface area contributed by atoms with Gasteiger partial charge < -0.3 is 5.11 Å². The molecule has 0 fully saturated rings. The molecule has 0 spiro atoms. The molecule has 0 amide bonds. The van der Waals surface area contributed by atoms with Crippen LogP contribution in [0, 0.1) is 5.41 Å². The Kier molecular flexibility index (Phi) is 4.01. The van der Waals surface area contributed by atoms with Crippen molar-refractivity contribution in [2.24, 2.45) is 5.41 Å². The van der Waals surface area contributed by atoms with Crippen LogP contribution in [-0.2, 0) is 21.2 Å². The third kappa shape index (κ3) is 4.03. The zero-order chi connectivity index (χ0) is 14.0. The summed E-state index contributed by atoms with van der Waals surface area (Å²) < 4.78 is 24.8. The molecule has 1 aromatic rings. The average Bonchev–Trinajstić information content (AvgIpc) is 2.18. The van der Waals surface area contributed by atoms with Crippen LogP contribution in [0.4, 0.5) is 5.69 Å². The third-order valence-corrected chi connectivity index (χ3v) is 3.11. The number of sulfonamides is 1. The lowest BCUT2D eigenvalue weighted by Gasteiger charge is -2.21. The molecule has 0 aliphatic rings. The zero-order valence-corrected chi connectivity index (χ0v) is 11.4. The van der Waals surface area contributed by atoms with E-state index in [1.807, 2.05) is 0 Å². The van der Waals surface area contributed by atoms with Gasteiger partial charge in [0.1, 0.15) is 0 Å². The van der Waals surface area contributed by atoms with Crippen molar-refractivity contribution in [3.63, 3.8) is 0 Å². The van der Waals surface area contributed by atoms with Crippen molar-refractivity contribution in [3.8, 4) is 0 Å². The summed E-state index contributed by atoms with van der Waals surface area (Å²) >= 11 is 0. The van der Waals surface area contributed by atoms with Crippen molar-refractivity contribution < 1.29 is 18.3 Å². The van der Waals surface area contributed by atoms with Crippen molar-refractivity contribution in [2.45, 2.75) is 20.3 Å². The van der Waals surface area contributed by atoms with Crippen LogP contribution >= 0.6 is 0 Å². The van der Waals surface area contributed by atoms with Gasteiger partial charge in [-0.3, -0.25) is 9.52 Å². The van der Waals surface area contributed by atoms with E-state index in [9.17, 15) is 13.2 Å². The van der Waals surface area contributed by atoms with Gasteiger partial charge in [-0.05, 0) is 31.9 Å². The molecular formula is C12H17NO4S. The van der Waals surface area contributed by atoms with Crippen molar-refractivity contribution >= 4 is 21.7 Å². The Bertz CT molecular complexity index is 549. The molecule has 0 unspecified atom stereocenters. The first-order chi connectivity index (χ1) is 8.12. The number of para-hydroxylation sites is 1. The Morgan fingerprint density at radius 3 is 2.39 bits per heavy atom. The predicted octanol–water partition coefficient (Wildman–Crippen LogP) is 1.71. The van der Waals surface area contributed by atoms with Crippen LogP contribution < -0.4 is 4.72 Å². The van der Waals surface area contributed by atoms with E-state index in [4.69, 9.17) is 5.11 Å². The van der Waals surface area contributed by atoms with Gasteiger partial charge in [0.15, 0.2) is 0 Å². The number of nitrogens with one attached hydrogen (secondary N) is 1. The van der Waals surface area contributed by atoms with Gasteiger partial charge in [-0.25, -0.2) is 8.42 Å². The molecule has 2 N–H and O–H groups in total. The van der Waals surface area contributed by atoms with E-state index in [-0.39, 0.29) is 6.42 Å². The maximum absolute atomic E-state index is 11.2. The Morgan fingerprint density at radius 2 is 1.89 bits per heavy atom. The van der Waals surface area contributed by atoms with E-state index in [0.29, 0.717) is 11.3 Å². The fourth-order valence-electron chi connectivity index (χ4n) is 1.53. The summed E-state index contributed by atoms with van der Waals surface area (Å²) in [5, 5.41) is 9.09. The van der Waals surface area contributed by atoms with Gasteiger partial charge in [0.25, 0.3) is 0 Å². The second-order valence-corrected chi connectivity index (χ2v) is 6.65. The Balaban J connectivity index is 3.07. The van der Waals surface area contributed by atoms with Gasteiger partial charge in [-0.15, -0.1) is 0 Å². The van der Waals surface area contributed by atoms with E-state index in [2.05, 4.69) is 4.72 Å². The summed E-state index contributed by atoms with van der Waals surface area (Å²) in [6.07, 6.45) is 1.31. The number of benzene rings is 1. The molecule has 5 nitrogen and oxygen atoms in total. The van der Waals surface area contributed by atoms with Gasteiger partial charge in [0, 0.05) is 0 Å². The van der Waals surface area contributed by atoms with Gasteiger partial charge in [-0.1, -0.05) is 18.2 Å². The lowest BCUT2D eigenvalue weighted by Crippen LogP contribution is -2.26. The molecule has 0 saturated carbocycles. The quantitative estimate of drug-likeness (QED) is 0.854. The Labute approximate surface area is 107 Å². The Morgan fingerprint density at radius 1 is 1.33 bits per heavy atom. The summed E-state index contributed by atoms with van der Waals surface area (Å²) in [7, 11) is -3.37. The highest BCUT2D eigenvalue weighted by Crippen LogP contribution is 2.27. The van der Waals surface area contributed by atoms with Crippen molar-refractivity contribution in [3.05, 3.63) is 29.8 Å². The lowest BCUT2D eigenvalue weighted by molar-refractivity contribution is -0.146. The number of anilines is 1. The van der Waals surface area contributed by atoms with E-state index >= 15 is 0 Å². The molecule has 0 aliphatic heterocycles. The number of rotatable bonds is 5. The molecule has 0 saturated heterocycles. The van der Waals surface area contributed by atoms with Crippen LogP contribution in [-0.4, -0.2) is 25.7 Å². The minimum atomic E-state index is -3.37. The summed E-state index contributed by atoms with van der Waals surface area (Å²) in [6.45, 7) is 3.21. The first-order valence-corrected chi connectivity index (χ1v) is 7.30. The summed E-state index contributed by atoms with van der Waals surface area (Å²) in [6, 6.07) is 6.79. The highest BCUT2D eigenvalue weighted by atomic mass is 32.2. The monoisotopic (exact) mass is 271 g/mol. The molecule has 6 heteroatoms. The van der Waals surface area contributed by atoms with E-state index in [0.717, 1.165) is 6.26 Å². The van der Waals surface area contributed by atoms with Crippen LogP contribution in [0.5, 0.6) is 0 Å². The fourth-order valence-corrected chi connectivity index (χ4v) is 2.12. The molecule has 18 heavy (non-hydrogen) atoms.